The molecule has 0 amide bonds. The van der Waals surface area contributed by atoms with Gasteiger partial charge in [-0.25, -0.2) is 21.9 Å². The van der Waals surface area contributed by atoms with Crippen molar-refractivity contribution in [3.05, 3.63) is 66.1 Å². The van der Waals surface area contributed by atoms with Gasteiger partial charge in [0.05, 0.1) is 23.6 Å². The normalized spacial score (nSPS) is 17.2. The van der Waals surface area contributed by atoms with Gasteiger partial charge < -0.3 is 4.90 Å². The summed E-state index contributed by atoms with van der Waals surface area (Å²) in [4.78, 5) is 2.40. The Labute approximate surface area is 208 Å². The van der Waals surface area contributed by atoms with Gasteiger partial charge in [0.2, 0.25) is 10.0 Å². The molecule has 2 aromatic heterocycles. The number of anilines is 1. The standard InChI is InChI=1S/C25H28F2N6O2S/c1-4-7-31-16-21(14-28-31)36(34,35)32-9-8-30(15-18(32)3)24-11-19-13-29-33(25(19)10-17(24)2)20-5-6-22(26)23(27)12-20/h5-6,10-14,16,18H,4,7-9,15H2,1-3H3. The van der Waals surface area contributed by atoms with E-state index in [4.69, 9.17) is 0 Å². The first kappa shape index (κ1) is 24.4. The molecule has 36 heavy (non-hydrogen) atoms. The van der Waals surface area contributed by atoms with Crippen LogP contribution in [0, 0.1) is 18.6 Å². The average Bonchev–Trinajstić information content (AvgIpc) is 3.48. The summed E-state index contributed by atoms with van der Waals surface area (Å²) in [6, 6.07) is 7.44. The Hall–Kier alpha value is -3.31. The number of piperazine rings is 1. The lowest BCUT2D eigenvalue weighted by Crippen LogP contribution is -2.54. The van der Waals surface area contributed by atoms with Crippen molar-refractivity contribution in [3.8, 4) is 5.69 Å². The van der Waals surface area contributed by atoms with E-state index in [2.05, 4.69) is 15.1 Å². The van der Waals surface area contributed by atoms with Gasteiger partial charge in [-0.2, -0.15) is 14.5 Å². The third-order valence-corrected chi connectivity index (χ3v) is 8.58. The predicted octanol–water partition coefficient (Wildman–Crippen LogP) is 4.12. The Kier molecular flexibility index (Phi) is 6.29. The number of halogens is 2. The van der Waals surface area contributed by atoms with Crippen LogP contribution in [0.15, 0.2) is 53.8 Å². The highest BCUT2D eigenvalue weighted by molar-refractivity contribution is 7.89. The lowest BCUT2D eigenvalue weighted by molar-refractivity contribution is 0.306. The van der Waals surface area contributed by atoms with Gasteiger partial charge in [0.15, 0.2) is 11.6 Å². The lowest BCUT2D eigenvalue weighted by Gasteiger charge is -2.40. The molecule has 0 N–H and O–H groups in total. The average molecular weight is 515 g/mol. The fourth-order valence-electron chi connectivity index (χ4n) is 4.81. The number of sulfonamides is 1. The molecule has 2 aromatic carbocycles. The zero-order chi connectivity index (χ0) is 25.6. The lowest BCUT2D eigenvalue weighted by atomic mass is 10.1. The predicted molar refractivity (Wildman–Crippen MR) is 134 cm³/mol. The number of hydrogen-bond donors (Lipinski definition) is 0. The van der Waals surface area contributed by atoms with Crippen molar-refractivity contribution >= 4 is 26.6 Å². The third-order valence-electron chi connectivity index (χ3n) is 6.61. The summed E-state index contributed by atoms with van der Waals surface area (Å²) < 4.78 is 58.5. The zero-order valence-electron chi connectivity index (χ0n) is 20.4. The number of benzene rings is 2. The van der Waals surface area contributed by atoms with Crippen LogP contribution in [0.3, 0.4) is 0 Å². The molecule has 190 valence electrons. The van der Waals surface area contributed by atoms with Gasteiger partial charge in [-0.1, -0.05) is 6.92 Å². The van der Waals surface area contributed by atoms with E-state index in [1.165, 1.54) is 12.3 Å². The van der Waals surface area contributed by atoms with Crippen molar-refractivity contribution in [2.45, 2.75) is 44.7 Å². The monoisotopic (exact) mass is 514 g/mol. The fourth-order valence-corrected chi connectivity index (χ4v) is 6.38. The summed E-state index contributed by atoms with van der Waals surface area (Å²) in [5, 5.41) is 9.42. The molecule has 0 spiro atoms. The van der Waals surface area contributed by atoms with Crippen molar-refractivity contribution < 1.29 is 17.2 Å². The van der Waals surface area contributed by atoms with Gasteiger partial charge in [-0.05, 0) is 50.1 Å². The van der Waals surface area contributed by atoms with Crippen molar-refractivity contribution in [2.24, 2.45) is 0 Å². The molecule has 0 bridgehead atoms. The molecule has 1 aliphatic heterocycles. The van der Waals surface area contributed by atoms with Gasteiger partial charge in [-0.3, -0.25) is 4.68 Å². The van der Waals surface area contributed by atoms with Crippen LogP contribution in [0.1, 0.15) is 25.8 Å². The first-order chi connectivity index (χ1) is 17.2. The van der Waals surface area contributed by atoms with E-state index < -0.39 is 21.7 Å². The largest absolute Gasteiger partial charge is 0.368 e. The van der Waals surface area contributed by atoms with E-state index in [-0.39, 0.29) is 10.9 Å². The van der Waals surface area contributed by atoms with Crippen LogP contribution in [-0.4, -0.2) is 58.0 Å². The summed E-state index contributed by atoms with van der Waals surface area (Å²) in [6.07, 6.45) is 5.59. The molecule has 3 heterocycles. The van der Waals surface area contributed by atoms with Gasteiger partial charge >= 0.3 is 0 Å². The minimum Gasteiger partial charge on any atom is -0.368 e. The van der Waals surface area contributed by atoms with Crippen molar-refractivity contribution in [3.63, 3.8) is 0 Å². The number of hydrogen-bond acceptors (Lipinski definition) is 5. The van der Waals surface area contributed by atoms with Crippen molar-refractivity contribution in [2.75, 3.05) is 24.5 Å². The molecular weight excluding hydrogens is 486 g/mol. The maximum absolute atomic E-state index is 13.8. The topological polar surface area (TPSA) is 76.3 Å². The summed E-state index contributed by atoms with van der Waals surface area (Å²) in [6.45, 7) is 8.01. The second kappa shape index (κ2) is 9.29. The number of nitrogens with zero attached hydrogens (tertiary/aromatic N) is 6. The van der Waals surface area contributed by atoms with E-state index in [1.54, 1.807) is 26.1 Å². The first-order valence-electron chi connectivity index (χ1n) is 11.9. The maximum atomic E-state index is 13.8. The van der Waals surface area contributed by atoms with E-state index in [9.17, 15) is 17.2 Å². The Bertz CT molecular complexity index is 1530. The summed E-state index contributed by atoms with van der Waals surface area (Å²) in [5.74, 6) is -1.83. The molecule has 1 aliphatic rings. The zero-order valence-corrected chi connectivity index (χ0v) is 21.2. The summed E-state index contributed by atoms with van der Waals surface area (Å²) in [5.41, 5.74) is 3.19. The van der Waals surface area contributed by atoms with Crippen LogP contribution >= 0.6 is 0 Å². The van der Waals surface area contributed by atoms with Crippen LogP contribution < -0.4 is 4.90 Å². The molecule has 4 aromatic rings. The van der Waals surface area contributed by atoms with Gasteiger partial charge in [0.25, 0.3) is 0 Å². The van der Waals surface area contributed by atoms with E-state index in [1.807, 2.05) is 32.9 Å². The van der Waals surface area contributed by atoms with Crippen LogP contribution in [-0.2, 0) is 16.6 Å². The Balaban J connectivity index is 1.39. The van der Waals surface area contributed by atoms with Crippen LogP contribution in [0.2, 0.25) is 0 Å². The number of rotatable bonds is 6. The Morgan fingerprint density at radius 2 is 1.86 bits per heavy atom. The van der Waals surface area contributed by atoms with Crippen LogP contribution in [0.4, 0.5) is 14.5 Å². The highest BCUT2D eigenvalue weighted by Gasteiger charge is 2.35. The molecule has 8 nitrogen and oxygen atoms in total. The Morgan fingerprint density at radius 1 is 1.06 bits per heavy atom. The highest BCUT2D eigenvalue weighted by Crippen LogP contribution is 2.31. The van der Waals surface area contributed by atoms with Crippen LogP contribution in [0.25, 0.3) is 16.6 Å². The molecule has 0 radical (unpaired) electrons. The fraction of sp³-hybridized carbons (Fsp3) is 0.360. The number of aryl methyl sites for hydroxylation is 2. The van der Waals surface area contributed by atoms with E-state index >= 15 is 0 Å². The molecule has 11 heteroatoms. The second-order valence-corrected chi connectivity index (χ2v) is 11.1. The Morgan fingerprint density at radius 3 is 2.58 bits per heavy atom. The molecular formula is C25H28F2N6O2S. The molecule has 1 saturated heterocycles. The van der Waals surface area contributed by atoms with Crippen molar-refractivity contribution in [1.29, 1.82) is 0 Å². The van der Waals surface area contributed by atoms with E-state index in [0.717, 1.165) is 40.7 Å². The molecule has 1 atom stereocenters. The molecule has 0 aliphatic carbocycles. The first-order valence-corrected chi connectivity index (χ1v) is 13.4. The SMILES string of the molecule is CCCn1cc(S(=O)(=O)N2CCN(c3cc4cnn(-c5ccc(F)c(F)c5)c4cc3C)CC2C)cn1. The quantitative estimate of drug-likeness (QED) is 0.387. The number of fused-ring (bicyclic) bond motifs is 1. The maximum Gasteiger partial charge on any atom is 0.246 e. The summed E-state index contributed by atoms with van der Waals surface area (Å²) >= 11 is 0. The van der Waals surface area contributed by atoms with Gasteiger partial charge in [-0.15, -0.1) is 0 Å². The molecule has 1 unspecified atom stereocenters. The van der Waals surface area contributed by atoms with Gasteiger partial charge in [0.1, 0.15) is 4.90 Å². The van der Waals surface area contributed by atoms with Gasteiger partial charge in [0, 0.05) is 55.6 Å². The second-order valence-electron chi connectivity index (χ2n) is 9.20. The molecule has 1 fully saturated rings. The van der Waals surface area contributed by atoms with E-state index in [0.29, 0.717) is 31.9 Å². The third kappa shape index (κ3) is 4.26. The van der Waals surface area contributed by atoms with Crippen LogP contribution in [0.5, 0.6) is 0 Å². The highest BCUT2D eigenvalue weighted by atomic mass is 32.2. The smallest absolute Gasteiger partial charge is 0.246 e. The molecule has 5 rings (SSSR count). The molecule has 0 saturated carbocycles. The minimum atomic E-state index is -3.64. The summed E-state index contributed by atoms with van der Waals surface area (Å²) in [7, 11) is -3.64. The number of aromatic nitrogens is 4. The minimum absolute atomic E-state index is 0.221. The van der Waals surface area contributed by atoms with Crippen molar-refractivity contribution in [1.82, 2.24) is 23.9 Å².